The van der Waals surface area contributed by atoms with Crippen LogP contribution in [0, 0.1) is 0 Å². The zero-order chi connectivity index (χ0) is 12.5. The number of oxazole rings is 1. The first-order chi connectivity index (χ1) is 8.03. The van der Waals surface area contributed by atoms with Gasteiger partial charge in [0.2, 0.25) is 10.0 Å². The fraction of sp³-hybridized carbons (Fsp3) is 0.364. The van der Waals surface area contributed by atoms with Crippen molar-refractivity contribution in [3.8, 4) is 0 Å². The van der Waals surface area contributed by atoms with Crippen molar-refractivity contribution in [3.63, 3.8) is 0 Å². The first-order valence-corrected chi connectivity index (χ1v) is 6.87. The van der Waals surface area contributed by atoms with E-state index >= 15 is 0 Å². The first-order valence-electron chi connectivity index (χ1n) is 5.38. The fourth-order valence-corrected chi connectivity index (χ4v) is 2.76. The van der Waals surface area contributed by atoms with Crippen LogP contribution in [0.15, 0.2) is 33.9 Å². The summed E-state index contributed by atoms with van der Waals surface area (Å²) in [4.78, 5) is 4.13. The number of aromatic nitrogens is 1. The Hall–Kier alpha value is -1.40. The Morgan fingerprint density at radius 3 is 2.94 bits per heavy atom. The van der Waals surface area contributed by atoms with Gasteiger partial charge in [0.25, 0.3) is 0 Å². The molecule has 0 saturated carbocycles. The molecule has 0 radical (unpaired) electrons. The predicted molar refractivity (Wildman–Crippen MR) is 64.1 cm³/mol. The summed E-state index contributed by atoms with van der Waals surface area (Å²) in [7, 11) is -3.48. The van der Waals surface area contributed by atoms with Crippen LogP contribution in [0.1, 0.15) is 20.3 Å². The van der Waals surface area contributed by atoms with Gasteiger partial charge in [-0.05, 0) is 25.5 Å². The van der Waals surface area contributed by atoms with Gasteiger partial charge < -0.3 is 4.42 Å². The minimum Gasteiger partial charge on any atom is -0.443 e. The molecular formula is C11H14N2O3S. The number of benzene rings is 1. The van der Waals surface area contributed by atoms with E-state index in [2.05, 4.69) is 9.71 Å². The smallest absolute Gasteiger partial charge is 0.240 e. The molecule has 1 aromatic carbocycles. The molecule has 0 aliphatic carbocycles. The molecule has 1 atom stereocenters. The maximum atomic E-state index is 12.0. The summed E-state index contributed by atoms with van der Waals surface area (Å²) in [5.41, 5.74) is 1.12. The molecule has 0 bridgehead atoms. The highest BCUT2D eigenvalue weighted by Crippen LogP contribution is 2.18. The number of hydrogen-bond donors (Lipinski definition) is 1. The van der Waals surface area contributed by atoms with Crippen molar-refractivity contribution >= 4 is 21.1 Å². The third kappa shape index (κ3) is 2.48. The number of nitrogens with one attached hydrogen (secondary N) is 1. The van der Waals surface area contributed by atoms with Crippen LogP contribution in [-0.4, -0.2) is 19.4 Å². The van der Waals surface area contributed by atoms with E-state index in [1.165, 1.54) is 18.5 Å². The van der Waals surface area contributed by atoms with E-state index < -0.39 is 10.0 Å². The lowest BCUT2D eigenvalue weighted by atomic mass is 10.3. The molecule has 2 aromatic rings. The van der Waals surface area contributed by atoms with E-state index in [-0.39, 0.29) is 10.9 Å². The molecule has 1 aromatic heterocycles. The van der Waals surface area contributed by atoms with E-state index in [1.54, 1.807) is 6.07 Å². The van der Waals surface area contributed by atoms with Gasteiger partial charge in [-0.3, -0.25) is 0 Å². The molecule has 0 aliphatic heterocycles. The summed E-state index contributed by atoms with van der Waals surface area (Å²) in [5.74, 6) is 0. The molecule has 0 fully saturated rings. The van der Waals surface area contributed by atoms with Crippen molar-refractivity contribution < 1.29 is 12.8 Å². The lowest BCUT2D eigenvalue weighted by molar-refractivity contribution is 0.555. The predicted octanol–water partition coefficient (Wildman–Crippen LogP) is 1.90. The van der Waals surface area contributed by atoms with Gasteiger partial charge in [0, 0.05) is 12.1 Å². The van der Waals surface area contributed by atoms with Crippen molar-refractivity contribution in [2.45, 2.75) is 31.2 Å². The van der Waals surface area contributed by atoms with Crippen molar-refractivity contribution in [1.82, 2.24) is 9.71 Å². The van der Waals surface area contributed by atoms with E-state index in [9.17, 15) is 8.42 Å². The fourth-order valence-electron chi connectivity index (χ4n) is 1.42. The number of sulfonamides is 1. The molecule has 0 spiro atoms. The van der Waals surface area contributed by atoms with E-state index in [0.29, 0.717) is 11.1 Å². The third-order valence-corrected chi connectivity index (χ3v) is 4.17. The van der Waals surface area contributed by atoms with Crippen LogP contribution in [0.25, 0.3) is 11.1 Å². The zero-order valence-corrected chi connectivity index (χ0v) is 10.5. The van der Waals surface area contributed by atoms with Crippen LogP contribution in [-0.2, 0) is 10.0 Å². The Labute approximate surface area is 99.9 Å². The van der Waals surface area contributed by atoms with Crippen LogP contribution >= 0.6 is 0 Å². The average molecular weight is 254 g/mol. The number of hydrogen-bond acceptors (Lipinski definition) is 4. The van der Waals surface area contributed by atoms with Crippen molar-refractivity contribution in [2.75, 3.05) is 0 Å². The summed E-state index contributed by atoms with van der Waals surface area (Å²) < 4.78 is 31.7. The minimum absolute atomic E-state index is 0.0922. The van der Waals surface area contributed by atoms with Gasteiger partial charge in [0.05, 0.1) is 4.90 Å². The molecule has 6 heteroatoms. The highest BCUT2D eigenvalue weighted by Gasteiger charge is 2.17. The standard InChI is InChI=1S/C11H14N2O3S/c1-3-8(2)13-17(14,15)9-4-5-10-11(6-9)16-7-12-10/h4-8,13H,3H2,1-2H3. The Kier molecular flexibility index (Phi) is 3.17. The highest BCUT2D eigenvalue weighted by atomic mass is 32.2. The second-order valence-corrected chi connectivity index (χ2v) is 5.63. The zero-order valence-electron chi connectivity index (χ0n) is 9.67. The number of fused-ring (bicyclic) bond motifs is 1. The molecule has 0 aliphatic rings. The summed E-state index contributed by atoms with van der Waals surface area (Å²) in [6.07, 6.45) is 2.03. The SMILES string of the molecule is CCC(C)NS(=O)(=O)c1ccc2ncoc2c1. The summed E-state index contributed by atoms with van der Waals surface area (Å²) in [6, 6.07) is 4.54. The lowest BCUT2D eigenvalue weighted by Crippen LogP contribution is -2.31. The topological polar surface area (TPSA) is 72.2 Å². The molecule has 17 heavy (non-hydrogen) atoms. The van der Waals surface area contributed by atoms with Gasteiger partial charge in [-0.1, -0.05) is 6.92 Å². The maximum absolute atomic E-state index is 12.0. The quantitative estimate of drug-likeness (QED) is 0.904. The number of rotatable bonds is 4. The maximum Gasteiger partial charge on any atom is 0.240 e. The molecule has 0 saturated heterocycles. The second kappa shape index (κ2) is 4.46. The lowest BCUT2D eigenvalue weighted by Gasteiger charge is -2.11. The minimum atomic E-state index is -3.48. The Morgan fingerprint density at radius 1 is 1.47 bits per heavy atom. The normalized spacial score (nSPS) is 14.0. The summed E-state index contributed by atoms with van der Waals surface area (Å²) in [6.45, 7) is 3.75. The highest BCUT2D eigenvalue weighted by molar-refractivity contribution is 7.89. The van der Waals surface area contributed by atoms with Crippen molar-refractivity contribution in [2.24, 2.45) is 0 Å². The molecular weight excluding hydrogens is 240 g/mol. The van der Waals surface area contributed by atoms with Gasteiger partial charge >= 0.3 is 0 Å². The van der Waals surface area contributed by atoms with E-state index in [1.807, 2.05) is 13.8 Å². The Balaban J connectivity index is 2.38. The Morgan fingerprint density at radius 2 is 2.24 bits per heavy atom. The number of nitrogens with zero attached hydrogens (tertiary/aromatic N) is 1. The molecule has 0 amide bonds. The van der Waals surface area contributed by atoms with E-state index in [0.717, 1.165) is 6.42 Å². The average Bonchev–Trinajstić information content (AvgIpc) is 2.75. The first kappa shape index (κ1) is 12.1. The van der Waals surface area contributed by atoms with Gasteiger partial charge in [-0.15, -0.1) is 0 Å². The molecule has 2 rings (SSSR count). The molecule has 1 unspecified atom stereocenters. The van der Waals surface area contributed by atoms with Gasteiger partial charge in [0.15, 0.2) is 12.0 Å². The van der Waals surface area contributed by atoms with Crippen molar-refractivity contribution in [1.29, 1.82) is 0 Å². The van der Waals surface area contributed by atoms with Crippen LogP contribution in [0.2, 0.25) is 0 Å². The second-order valence-electron chi connectivity index (χ2n) is 3.91. The summed E-state index contributed by atoms with van der Waals surface area (Å²) in [5, 5.41) is 0. The van der Waals surface area contributed by atoms with Crippen LogP contribution in [0.5, 0.6) is 0 Å². The van der Waals surface area contributed by atoms with Crippen LogP contribution in [0.4, 0.5) is 0 Å². The molecule has 5 nitrogen and oxygen atoms in total. The largest absolute Gasteiger partial charge is 0.443 e. The summed E-state index contributed by atoms with van der Waals surface area (Å²) >= 11 is 0. The Bertz CT molecular complexity index is 618. The van der Waals surface area contributed by atoms with Gasteiger partial charge in [0.1, 0.15) is 5.52 Å². The van der Waals surface area contributed by atoms with Crippen LogP contribution in [0.3, 0.4) is 0 Å². The van der Waals surface area contributed by atoms with Gasteiger partial charge in [-0.2, -0.15) is 0 Å². The third-order valence-electron chi connectivity index (χ3n) is 2.58. The molecule has 1 heterocycles. The van der Waals surface area contributed by atoms with Crippen molar-refractivity contribution in [3.05, 3.63) is 24.6 Å². The van der Waals surface area contributed by atoms with E-state index in [4.69, 9.17) is 4.42 Å². The van der Waals surface area contributed by atoms with Crippen LogP contribution < -0.4 is 4.72 Å². The molecule has 1 N–H and O–H groups in total. The molecule has 92 valence electrons. The van der Waals surface area contributed by atoms with Gasteiger partial charge in [-0.25, -0.2) is 18.1 Å². The monoisotopic (exact) mass is 254 g/mol.